The minimum Gasteiger partial charge on any atom is -0.392 e. The number of nitrogens with two attached hydrogens (primary N) is 1. The first-order valence-electron chi connectivity index (χ1n) is 5.12. The Balaban J connectivity index is 2.41. The van der Waals surface area contributed by atoms with Gasteiger partial charge in [0.1, 0.15) is 5.82 Å². The molecule has 1 aromatic rings. The van der Waals surface area contributed by atoms with Crippen LogP contribution >= 0.6 is 12.2 Å². The molecule has 0 saturated carbocycles. The fourth-order valence-electron chi connectivity index (χ4n) is 1.46. The normalized spacial score (nSPS) is 10.9. The smallest absolute Gasteiger partial charge is 0.105 e. The van der Waals surface area contributed by atoms with Gasteiger partial charge in [0, 0.05) is 32.0 Å². The van der Waals surface area contributed by atoms with Crippen molar-refractivity contribution in [3.05, 3.63) is 18.2 Å². The van der Waals surface area contributed by atoms with Crippen molar-refractivity contribution in [2.24, 2.45) is 5.73 Å². The second-order valence-electron chi connectivity index (χ2n) is 3.50. The Morgan fingerprint density at radius 3 is 2.87 bits per heavy atom. The lowest BCUT2D eigenvalue weighted by molar-refractivity contribution is 0.312. The van der Waals surface area contributed by atoms with E-state index in [0.717, 1.165) is 25.5 Å². The third kappa shape index (κ3) is 3.97. The lowest BCUT2D eigenvalue weighted by Gasteiger charge is -2.19. The Bertz CT molecular complexity index is 321. The van der Waals surface area contributed by atoms with Crippen LogP contribution in [-0.4, -0.2) is 39.1 Å². The Kier molecular flexibility index (Phi) is 4.71. The summed E-state index contributed by atoms with van der Waals surface area (Å²) >= 11 is 4.90. The van der Waals surface area contributed by atoms with E-state index in [-0.39, 0.29) is 0 Å². The molecule has 0 radical (unpaired) electrons. The molecule has 1 rings (SSSR count). The molecule has 0 spiro atoms. The molecule has 0 unspecified atom stereocenters. The molecular weight excluding hydrogens is 208 g/mol. The SMILES string of the molecule is CCN(CCn1ccnc1C)CC(N)=S. The van der Waals surface area contributed by atoms with Crippen molar-refractivity contribution in [3.63, 3.8) is 0 Å². The topological polar surface area (TPSA) is 47.1 Å². The van der Waals surface area contributed by atoms with Crippen LogP contribution in [-0.2, 0) is 6.54 Å². The van der Waals surface area contributed by atoms with E-state index >= 15 is 0 Å². The maximum Gasteiger partial charge on any atom is 0.105 e. The fourth-order valence-corrected chi connectivity index (χ4v) is 1.64. The Morgan fingerprint density at radius 1 is 1.67 bits per heavy atom. The zero-order valence-electron chi connectivity index (χ0n) is 9.31. The van der Waals surface area contributed by atoms with Crippen LogP contribution in [0.15, 0.2) is 12.4 Å². The van der Waals surface area contributed by atoms with Crippen molar-refractivity contribution in [2.45, 2.75) is 20.4 Å². The van der Waals surface area contributed by atoms with Crippen LogP contribution in [0, 0.1) is 6.92 Å². The van der Waals surface area contributed by atoms with Crippen molar-refractivity contribution in [1.82, 2.24) is 14.5 Å². The number of rotatable bonds is 6. The van der Waals surface area contributed by atoms with Crippen LogP contribution in [0.1, 0.15) is 12.7 Å². The largest absolute Gasteiger partial charge is 0.392 e. The second kappa shape index (κ2) is 5.82. The Hall–Kier alpha value is -0.940. The Labute approximate surface area is 96.1 Å². The van der Waals surface area contributed by atoms with E-state index in [9.17, 15) is 0 Å². The highest BCUT2D eigenvalue weighted by Crippen LogP contribution is 1.97. The highest BCUT2D eigenvalue weighted by atomic mass is 32.1. The van der Waals surface area contributed by atoms with Gasteiger partial charge in [-0.1, -0.05) is 19.1 Å². The van der Waals surface area contributed by atoms with Crippen LogP contribution < -0.4 is 5.73 Å². The molecule has 2 N–H and O–H groups in total. The lowest BCUT2D eigenvalue weighted by Crippen LogP contribution is -2.34. The van der Waals surface area contributed by atoms with Crippen molar-refractivity contribution in [3.8, 4) is 0 Å². The van der Waals surface area contributed by atoms with Crippen molar-refractivity contribution >= 4 is 17.2 Å². The summed E-state index contributed by atoms with van der Waals surface area (Å²) in [5, 5.41) is 0. The number of nitrogens with zero attached hydrogens (tertiary/aromatic N) is 3. The van der Waals surface area contributed by atoms with Crippen LogP contribution in [0.3, 0.4) is 0 Å². The summed E-state index contributed by atoms with van der Waals surface area (Å²) < 4.78 is 2.13. The van der Waals surface area contributed by atoms with Gasteiger partial charge in [0.05, 0.1) is 4.99 Å². The number of thiocarbonyl (C=S) groups is 1. The van der Waals surface area contributed by atoms with E-state index in [4.69, 9.17) is 18.0 Å². The monoisotopic (exact) mass is 226 g/mol. The van der Waals surface area contributed by atoms with E-state index < -0.39 is 0 Å². The van der Waals surface area contributed by atoms with E-state index in [0.29, 0.717) is 11.5 Å². The second-order valence-corrected chi connectivity index (χ2v) is 4.03. The molecule has 0 fully saturated rings. The summed E-state index contributed by atoms with van der Waals surface area (Å²) in [4.78, 5) is 6.95. The third-order valence-corrected chi connectivity index (χ3v) is 2.54. The van der Waals surface area contributed by atoms with Crippen LogP contribution in [0.2, 0.25) is 0 Å². The minimum atomic E-state index is 0.555. The number of likely N-dealkylation sites (N-methyl/N-ethyl adjacent to an activating group) is 1. The zero-order chi connectivity index (χ0) is 11.3. The highest BCUT2D eigenvalue weighted by molar-refractivity contribution is 7.80. The zero-order valence-corrected chi connectivity index (χ0v) is 10.1. The molecule has 0 saturated heterocycles. The molecule has 0 atom stereocenters. The van der Waals surface area contributed by atoms with Gasteiger partial charge in [-0.15, -0.1) is 0 Å². The van der Waals surface area contributed by atoms with E-state index in [1.165, 1.54) is 0 Å². The minimum absolute atomic E-state index is 0.555. The van der Waals surface area contributed by atoms with Gasteiger partial charge in [-0.2, -0.15) is 0 Å². The highest BCUT2D eigenvalue weighted by Gasteiger charge is 2.04. The molecule has 15 heavy (non-hydrogen) atoms. The fraction of sp³-hybridized carbons (Fsp3) is 0.600. The van der Waals surface area contributed by atoms with E-state index in [1.54, 1.807) is 0 Å². The van der Waals surface area contributed by atoms with E-state index in [1.807, 2.05) is 19.3 Å². The number of aromatic nitrogens is 2. The van der Waals surface area contributed by atoms with Gasteiger partial charge in [-0.05, 0) is 13.5 Å². The summed E-state index contributed by atoms with van der Waals surface area (Å²) in [6.07, 6.45) is 3.81. The average Bonchev–Trinajstić information content (AvgIpc) is 2.58. The summed E-state index contributed by atoms with van der Waals surface area (Å²) in [7, 11) is 0. The summed E-state index contributed by atoms with van der Waals surface area (Å²) in [6, 6.07) is 0. The number of aryl methyl sites for hydroxylation is 1. The van der Waals surface area contributed by atoms with Gasteiger partial charge in [0.25, 0.3) is 0 Å². The van der Waals surface area contributed by atoms with Gasteiger partial charge in [0.2, 0.25) is 0 Å². The average molecular weight is 226 g/mol. The maximum atomic E-state index is 5.52. The summed E-state index contributed by atoms with van der Waals surface area (Å²) in [5.41, 5.74) is 5.52. The van der Waals surface area contributed by atoms with Crippen LogP contribution in [0.5, 0.6) is 0 Å². The lowest BCUT2D eigenvalue weighted by atomic mass is 10.4. The standard InChI is InChI=1S/C10H18N4S/c1-3-13(8-10(11)15)6-7-14-5-4-12-9(14)2/h4-5H,3,6-8H2,1-2H3,(H2,11,15). The summed E-state index contributed by atoms with van der Waals surface area (Å²) in [5.74, 6) is 1.04. The van der Waals surface area contributed by atoms with Crippen molar-refractivity contribution < 1.29 is 0 Å². The molecule has 0 aliphatic carbocycles. The van der Waals surface area contributed by atoms with Gasteiger partial charge in [0.15, 0.2) is 0 Å². The predicted molar refractivity (Wildman–Crippen MR) is 65.9 cm³/mol. The maximum absolute atomic E-state index is 5.52. The molecule has 1 aromatic heterocycles. The first-order chi connectivity index (χ1) is 7.13. The molecule has 5 heteroatoms. The molecule has 4 nitrogen and oxygen atoms in total. The quantitative estimate of drug-likeness (QED) is 0.729. The van der Waals surface area contributed by atoms with Gasteiger partial charge in [-0.25, -0.2) is 4.98 Å². The van der Waals surface area contributed by atoms with Gasteiger partial charge in [-0.3, -0.25) is 4.90 Å². The van der Waals surface area contributed by atoms with Crippen molar-refractivity contribution in [1.29, 1.82) is 0 Å². The number of hydrogen-bond donors (Lipinski definition) is 1. The molecule has 0 aliphatic heterocycles. The molecule has 0 bridgehead atoms. The Morgan fingerprint density at radius 2 is 2.40 bits per heavy atom. The van der Waals surface area contributed by atoms with Crippen LogP contribution in [0.25, 0.3) is 0 Å². The van der Waals surface area contributed by atoms with Gasteiger partial charge < -0.3 is 10.3 Å². The first kappa shape index (κ1) is 12.1. The van der Waals surface area contributed by atoms with Gasteiger partial charge >= 0.3 is 0 Å². The molecular formula is C10H18N4S. The predicted octanol–water partition coefficient (Wildman–Crippen LogP) is 0.800. The molecule has 0 amide bonds. The van der Waals surface area contributed by atoms with Crippen molar-refractivity contribution in [2.75, 3.05) is 19.6 Å². The first-order valence-corrected chi connectivity index (χ1v) is 5.52. The molecule has 0 aliphatic rings. The third-order valence-electron chi connectivity index (χ3n) is 2.41. The number of hydrogen-bond acceptors (Lipinski definition) is 3. The molecule has 1 heterocycles. The van der Waals surface area contributed by atoms with E-state index in [2.05, 4.69) is 21.4 Å². The van der Waals surface area contributed by atoms with Crippen LogP contribution in [0.4, 0.5) is 0 Å². The molecule has 0 aromatic carbocycles. The molecule has 84 valence electrons. The summed E-state index contributed by atoms with van der Waals surface area (Å²) in [6.45, 7) is 7.65. The number of imidazole rings is 1.